The highest BCUT2D eigenvalue weighted by atomic mass is 35.5. The van der Waals surface area contributed by atoms with Crippen molar-refractivity contribution in [3.63, 3.8) is 0 Å². The number of halogens is 2. The van der Waals surface area contributed by atoms with Gasteiger partial charge in [-0.25, -0.2) is 0 Å². The number of aliphatic carboxylic acids is 1. The molecule has 0 aliphatic carbocycles. The van der Waals surface area contributed by atoms with E-state index in [1.54, 1.807) is 14.0 Å². The van der Waals surface area contributed by atoms with Gasteiger partial charge in [-0.3, -0.25) is 9.59 Å². The SMILES string of the molecule is CO[C@@H](C)[C@@H](CCc1ccc(Cl)cc1)[C@H]1NC(=O)[C@](C)(CC(=O)O)C[C@@H]1c1cccc(Cl)c1. The first-order valence-corrected chi connectivity index (χ1v) is 11.9. The lowest BCUT2D eigenvalue weighted by Crippen LogP contribution is -2.58. The average Bonchev–Trinajstić information content (AvgIpc) is 2.76. The maximum absolute atomic E-state index is 13.2. The number of ether oxygens (including phenoxy) is 1. The van der Waals surface area contributed by atoms with Crippen LogP contribution in [0.3, 0.4) is 0 Å². The van der Waals surface area contributed by atoms with Crippen LogP contribution >= 0.6 is 23.2 Å². The van der Waals surface area contributed by atoms with Crippen LogP contribution in [0.4, 0.5) is 0 Å². The van der Waals surface area contributed by atoms with Crippen molar-refractivity contribution in [1.82, 2.24) is 5.32 Å². The number of hydrogen-bond acceptors (Lipinski definition) is 3. The molecule has 0 aromatic heterocycles. The monoisotopic (exact) mass is 491 g/mol. The van der Waals surface area contributed by atoms with Gasteiger partial charge in [0.25, 0.3) is 0 Å². The van der Waals surface area contributed by atoms with Gasteiger partial charge in [0, 0.05) is 35.0 Å². The molecule has 0 spiro atoms. The van der Waals surface area contributed by atoms with Crippen LogP contribution in [0, 0.1) is 11.3 Å². The topological polar surface area (TPSA) is 75.6 Å². The minimum atomic E-state index is -1.01. The zero-order chi connectivity index (χ0) is 24.2. The van der Waals surface area contributed by atoms with E-state index >= 15 is 0 Å². The van der Waals surface area contributed by atoms with E-state index in [4.69, 9.17) is 27.9 Å². The van der Waals surface area contributed by atoms with E-state index in [1.807, 2.05) is 55.5 Å². The lowest BCUT2D eigenvalue weighted by molar-refractivity contribution is -0.148. The lowest BCUT2D eigenvalue weighted by Gasteiger charge is -2.46. The number of hydrogen-bond donors (Lipinski definition) is 2. The molecule has 3 rings (SSSR count). The van der Waals surface area contributed by atoms with E-state index < -0.39 is 11.4 Å². The van der Waals surface area contributed by atoms with Gasteiger partial charge in [0.2, 0.25) is 5.91 Å². The van der Waals surface area contributed by atoms with E-state index in [0.717, 1.165) is 24.0 Å². The van der Waals surface area contributed by atoms with Crippen molar-refractivity contribution in [2.24, 2.45) is 11.3 Å². The molecule has 2 aromatic rings. The number of aryl methyl sites for hydroxylation is 1. The van der Waals surface area contributed by atoms with Gasteiger partial charge in [-0.1, -0.05) is 54.4 Å². The Bertz CT molecular complexity index is 981. The van der Waals surface area contributed by atoms with Gasteiger partial charge in [0.05, 0.1) is 17.9 Å². The predicted molar refractivity (Wildman–Crippen MR) is 131 cm³/mol. The minimum absolute atomic E-state index is 0.00740. The first kappa shape index (κ1) is 25.5. The molecule has 178 valence electrons. The minimum Gasteiger partial charge on any atom is -0.481 e. The molecule has 1 aliphatic rings. The summed E-state index contributed by atoms with van der Waals surface area (Å²) in [5, 5.41) is 13.9. The molecular weight excluding hydrogens is 461 g/mol. The van der Waals surface area contributed by atoms with Crippen LogP contribution in [-0.2, 0) is 20.7 Å². The molecule has 1 amide bonds. The summed E-state index contributed by atoms with van der Waals surface area (Å²) < 4.78 is 5.74. The molecule has 5 nitrogen and oxygen atoms in total. The number of carboxylic acids is 1. The molecule has 7 heteroatoms. The Morgan fingerprint density at radius 1 is 1.21 bits per heavy atom. The Labute approximate surface area is 205 Å². The molecule has 1 aliphatic heterocycles. The van der Waals surface area contributed by atoms with Gasteiger partial charge in [0.15, 0.2) is 0 Å². The van der Waals surface area contributed by atoms with Gasteiger partial charge in [-0.2, -0.15) is 0 Å². The van der Waals surface area contributed by atoms with Crippen molar-refractivity contribution in [1.29, 1.82) is 0 Å². The Hall–Kier alpha value is -2.08. The Morgan fingerprint density at radius 2 is 1.91 bits per heavy atom. The van der Waals surface area contributed by atoms with Crippen molar-refractivity contribution in [3.8, 4) is 0 Å². The molecule has 1 fully saturated rings. The van der Waals surface area contributed by atoms with Crippen LogP contribution in [0.5, 0.6) is 0 Å². The van der Waals surface area contributed by atoms with E-state index in [1.165, 1.54) is 0 Å². The Balaban J connectivity index is 1.95. The quantitative estimate of drug-likeness (QED) is 0.469. The molecule has 0 bridgehead atoms. The Kier molecular flexibility index (Phi) is 8.43. The molecule has 1 heterocycles. The summed E-state index contributed by atoms with van der Waals surface area (Å²) in [6.45, 7) is 3.74. The molecule has 2 N–H and O–H groups in total. The largest absolute Gasteiger partial charge is 0.481 e. The smallest absolute Gasteiger partial charge is 0.304 e. The fraction of sp³-hybridized carbons (Fsp3) is 0.462. The first-order chi connectivity index (χ1) is 15.6. The number of amides is 1. The third kappa shape index (κ3) is 6.28. The number of nitrogens with one attached hydrogen (secondary N) is 1. The highest BCUT2D eigenvalue weighted by Crippen LogP contribution is 2.44. The predicted octanol–water partition coefficient (Wildman–Crippen LogP) is 5.73. The van der Waals surface area contributed by atoms with Gasteiger partial charge in [-0.15, -0.1) is 0 Å². The highest BCUT2D eigenvalue weighted by molar-refractivity contribution is 6.30. The summed E-state index contributed by atoms with van der Waals surface area (Å²) in [7, 11) is 1.67. The molecule has 0 radical (unpaired) electrons. The average molecular weight is 492 g/mol. The van der Waals surface area contributed by atoms with Crippen molar-refractivity contribution in [3.05, 3.63) is 69.7 Å². The zero-order valence-electron chi connectivity index (χ0n) is 19.2. The van der Waals surface area contributed by atoms with Gasteiger partial charge >= 0.3 is 5.97 Å². The second kappa shape index (κ2) is 10.9. The second-order valence-corrected chi connectivity index (χ2v) is 10.1. The Morgan fingerprint density at radius 3 is 2.52 bits per heavy atom. The molecule has 0 unspecified atom stereocenters. The summed E-state index contributed by atoms with van der Waals surface area (Å²) in [5.74, 6) is -1.31. The second-order valence-electron chi connectivity index (χ2n) is 9.27. The zero-order valence-corrected chi connectivity index (χ0v) is 20.7. The summed E-state index contributed by atoms with van der Waals surface area (Å²) in [6.07, 6.45) is 1.67. The maximum atomic E-state index is 13.2. The van der Waals surface area contributed by atoms with Crippen LogP contribution in [0.1, 0.15) is 50.2 Å². The molecule has 33 heavy (non-hydrogen) atoms. The summed E-state index contributed by atoms with van der Waals surface area (Å²) in [6, 6.07) is 15.2. The fourth-order valence-electron chi connectivity index (χ4n) is 4.95. The van der Waals surface area contributed by atoms with Gasteiger partial charge in [0.1, 0.15) is 0 Å². The number of carboxylic acid groups (broad SMARTS) is 1. The number of methoxy groups -OCH3 is 1. The van der Waals surface area contributed by atoms with Crippen molar-refractivity contribution in [2.75, 3.05) is 7.11 Å². The lowest BCUT2D eigenvalue weighted by atomic mass is 9.66. The molecular formula is C26H31Cl2NO4. The number of piperidine rings is 1. The van der Waals surface area contributed by atoms with Crippen LogP contribution < -0.4 is 5.32 Å². The van der Waals surface area contributed by atoms with E-state index in [9.17, 15) is 14.7 Å². The molecule has 2 aromatic carbocycles. The number of rotatable bonds is 9. The summed E-state index contributed by atoms with van der Waals surface area (Å²) in [5.41, 5.74) is 1.14. The molecule has 1 saturated heterocycles. The van der Waals surface area contributed by atoms with E-state index in [-0.39, 0.29) is 36.3 Å². The summed E-state index contributed by atoms with van der Waals surface area (Å²) in [4.78, 5) is 24.7. The number of carbonyl (C=O) groups excluding carboxylic acids is 1. The normalized spacial score (nSPS) is 24.7. The van der Waals surface area contributed by atoms with Crippen LogP contribution in [0.15, 0.2) is 48.5 Å². The third-order valence-electron chi connectivity index (χ3n) is 6.88. The van der Waals surface area contributed by atoms with Gasteiger partial charge < -0.3 is 15.2 Å². The highest BCUT2D eigenvalue weighted by Gasteiger charge is 2.48. The van der Waals surface area contributed by atoms with Gasteiger partial charge in [-0.05, 0) is 61.6 Å². The van der Waals surface area contributed by atoms with Crippen molar-refractivity contribution in [2.45, 2.75) is 57.6 Å². The number of carbonyl (C=O) groups is 2. The van der Waals surface area contributed by atoms with E-state index in [0.29, 0.717) is 16.5 Å². The third-order valence-corrected chi connectivity index (χ3v) is 7.37. The van der Waals surface area contributed by atoms with Crippen LogP contribution in [0.2, 0.25) is 10.0 Å². The molecule has 5 atom stereocenters. The summed E-state index contributed by atoms with van der Waals surface area (Å²) >= 11 is 12.3. The van der Waals surface area contributed by atoms with Crippen LogP contribution in [0.25, 0.3) is 0 Å². The number of benzene rings is 2. The fourth-order valence-corrected chi connectivity index (χ4v) is 5.28. The van der Waals surface area contributed by atoms with Crippen molar-refractivity contribution >= 4 is 35.1 Å². The van der Waals surface area contributed by atoms with E-state index in [2.05, 4.69) is 5.32 Å². The molecule has 0 saturated carbocycles. The first-order valence-electron chi connectivity index (χ1n) is 11.2. The standard InChI is InChI=1S/C26H31Cl2NO4/c1-16(33-3)21(12-9-17-7-10-19(27)11-8-17)24-22(18-5-4-6-20(28)13-18)14-26(2,15-23(30)31)25(32)29-24/h4-8,10-11,13,16,21-22,24H,9,12,14-15H2,1-3H3,(H,29,32)(H,30,31)/t16-,21+,22+,24+,26-/m0/s1. The van der Waals surface area contributed by atoms with Crippen LogP contribution in [-0.4, -0.2) is 36.2 Å². The van der Waals surface area contributed by atoms with Crippen molar-refractivity contribution < 1.29 is 19.4 Å². The maximum Gasteiger partial charge on any atom is 0.304 e.